The molecule has 7 heteroatoms. The molecule has 26 heavy (non-hydrogen) atoms. The van der Waals surface area contributed by atoms with Crippen LogP contribution in [0.15, 0.2) is 66.3 Å². The first kappa shape index (κ1) is 18.4. The molecular weight excluding hydrogens is 439 g/mol. The van der Waals surface area contributed by atoms with Gasteiger partial charge in [0.05, 0.1) is 0 Å². The number of nitrogens with one attached hydrogen (secondary N) is 1. The number of hydrogen-bond donors (Lipinski definition) is 1. The summed E-state index contributed by atoms with van der Waals surface area (Å²) in [5.41, 5.74) is 3.76. The molecule has 3 aromatic rings. The lowest BCUT2D eigenvalue weighted by Gasteiger charge is -2.22. The van der Waals surface area contributed by atoms with E-state index < -0.39 is 0 Å². The third kappa shape index (κ3) is 3.72. The number of imidazole rings is 1. The highest BCUT2D eigenvalue weighted by molar-refractivity contribution is 14.0. The molecule has 0 saturated heterocycles. The van der Waals surface area contributed by atoms with E-state index in [1.54, 1.807) is 12.5 Å². The summed E-state index contributed by atoms with van der Waals surface area (Å²) < 4.78 is 1.90. The van der Waals surface area contributed by atoms with Crippen LogP contribution in [0.3, 0.4) is 0 Å². The SMILES string of the molecule is CN=C(NCc1ccnc(-n2ccnc2)c1)N1CCc2ccccc21.I. The smallest absolute Gasteiger partial charge is 0.198 e. The van der Waals surface area contributed by atoms with Gasteiger partial charge in [0, 0.05) is 44.4 Å². The summed E-state index contributed by atoms with van der Waals surface area (Å²) in [6, 6.07) is 12.6. The fraction of sp³-hybridized carbons (Fsp3) is 0.211. The van der Waals surface area contributed by atoms with Crippen LogP contribution in [0.2, 0.25) is 0 Å². The quantitative estimate of drug-likeness (QED) is 0.371. The zero-order chi connectivity index (χ0) is 17.1. The Bertz CT molecular complexity index is 891. The van der Waals surface area contributed by atoms with Crippen molar-refractivity contribution in [3.63, 3.8) is 0 Å². The molecule has 0 bridgehead atoms. The second-order valence-corrected chi connectivity index (χ2v) is 5.92. The van der Waals surface area contributed by atoms with Crippen LogP contribution >= 0.6 is 24.0 Å². The number of guanidine groups is 1. The van der Waals surface area contributed by atoms with Crippen molar-refractivity contribution in [2.24, 2.45) is 4.99 Å². The number of aromatic nitrogens is 3. The summed E-state index contributed by atoms with van der Waals surface area (Å²) in [5.74, 6) is 1.75. The number of anilines is 1. The van der Waals surface area contributed by atoms with Crippen LogP contribution in [0.1, 0.15) is 11.1 Å². The molecule has 1 aromatic carbocycles. The maximum absolute atomic E-state index is 4.46. The van der Waals surface area contributed by atoms with E-state index in [0.29, 0.717) is 6.54 Å². The van der Waals surface area contributed by atoms with Gasteiger partial charge in [-0.1, -0.05) is 18.2 Å². The lowest BCUT2D eigenvalue weighted by Crippen LogP contribution is -2.40. The van der Waals surface area contributed by atoms with Gasteiger partial charge in [0.1, 0.15) is 12.1 Å². The van der Waals surface area contributed by atoms with E-state index >= 15 is 0 Å². The number of hydrogen-bond acceptors (Lipinski definition) is 3. The van der Waals surface area contributed by atoms with Crippen molar-refractivity contribution in [2.75, 3.05) is 18.5 Å². The highest BCUT2D eigenvalue weighted by Crippen LogP contribution is 2.27. The Morgan fingerprint density at radius 1 is 1.23 bits per heavy atom. The van der Waals surface area contributed by atoms with Gasteiger partial charge < -0.3 is 10.2 Å². The topological polar surface area (TPSA) is 58.3 Å². The molecule has 1 N–H and O–H groups in total. The molecule has 134 valence electrons. The maximum Gasteiger partial charge on any atom is 0.198 e. The molecule has 0 atom stereocenters. The minimum Gasteiger partial charge on any atom is -0.352 e. The summed E-state index contributed by atoms with van der Waals surface area (Å²) in [6.45, 7) is 1.64. The highest BCUT2D eigenvalue weighted by Gasteiger charge is 2.22. The molecule has 0 saturated carbocycles. The number of fused-ring (bicyclic) bond motifs is 1. The van der Waals surface area contributed by atoms with Gasteiger partial charge in [-0.3, -0.25) is 9.56 Å². The van der Waals surface area contributed by atoms with Crippen LogP contribution in [0.4, 0.5) is 5.69 Å². The van der Waals surface area contributed by atoms with Crippen LogP contribution in [-0.2, 0) is 13.0 Å². The number of benzene rings is 1. The Kier molecular flexibility index (Phi) is 5.87. The van der Waals surface area contributed by atoms with Crippen molar-refractivity contribution < 1.29 is 0 Å². The fourth-order valence-electron chi connectivity index (χ4n) is 3.14. The van der Waals surface area contributed by atoms with Gasteiger partial charge in [-0.25, -0.2) is 9.97 Å². The lowest BCUT2D eigenvalue weighted by atomic mass is 10.2. The second-order valence-electron chi connectivity index (χ2n) is 5.92. The Labute approximate surface area is 170 Å². The first-order valence-electron chi connectivity index (χ1n) is 8.34. The molecule has 6 nitrogen and oxygen atoms in total. The number of rotatable bonds is 3. The molecular formula is C19H21IN6. The van der Waals surface area contributed by atoms with Gasteiger partial charge in [-0.05, 0) is 35.7 Å². The third-order valence-electron chi connectivity index (χ3n) is 4.38. The number of aliphatic imine (C=N–C) groups is 1. The summed E-state index contributed by atoms with van der Waals surface area (Å²) in [4.78, 5) is 15.2. The average Bonchev–Trinajstić information content (AvgIpc) is 3.33. The molecule has 0 amide bonds. The molecule has 0 spiro atoms. The largest absolute Gasteiger partial charge is 0.352 e. The summed E-state index contributed by atoms with van der Waals surface area (Å²) in [7, 11) is 1.83. The summed E-state index contributed by atoms with van der Waals surface area (Å²) >= 11 is 0. The van der Waals surface area contributed by atoms with Crippen molar-refractivity contribution in [1.29, 1.82) is 0 Å². The average molecular weight is 460 g/mol. The van der Waals surface area contributed by atoms with Crippen LogP contribution in [-0.4, -0.2) is 34.1 Å². The van der Waals surface area contributed by atoms with Crippen LogP contribution in [0, 0.1) is 0 Å². The molecule has 0 unspecified atom stereocenters. The van der Waals surface area contributed by atoms with Crippen molar-refractivity contribution in [1.82, 2.24) is 19.9 Å². The molecule has 0 radical (unpaired) electrons. The standard InChI is InChI=1S/C19H20N6.HI/c1-20-19(25-10-7-16-4-2-3-5-17(16)25)23-13-15-6-8-22-18(12-15)24-11-9-21-14-24;/h2-6,8-9,11-12,14H,7,10,13H2,1H3,(H,20,23);1H. The zero-order valence-electron chi connectivity index (χ0n) is 14.5. The monoisotopic (exact) mass is 460 g/mol. The third-order valence-corrected chi connectivity index (χ3v) is 4.38. The van der Waals surface area contributed by atoms with E-state index in [1.807, 2.05) is 30.1 Å². The first-order valence-corrected chi connectivity index (χ1v) is 8.34. The molecule has 2 aromatic heterocycles. The van der Waals surface area contributed by atoms with Gasteiger partial charge in [0.15, 0.2) is 5.96 Å². The normalized spacial score (nSPS) is 13.3. The summed E-state index contributed by atoms with van der Waals surface area (Å²) in [6.07, 6.45) is 8.26. The molecule has 1 aliphatic rings. The van der Waals surface area contributed by atoms with E-state index in [9.17, 15) is 0 Å². The van der Waals surface area contributed by atoms with Gasteiger partial charge in [-0.15, -0.1) is 24.0 Å². The Morgan fingerprint density at radius 2 is 2.12 bits per heavy atom. The minimum atomic E-state index is 0. The Morgan fingerprint density at radius 3 is 2.92 bits per heavy atom. The van der Waals surface area contributed by atoms with Crippen molar-refractivity contribution in [3.8, 4) is 5.82 Å². The molecule has 1 aliphatic heterocycles. The zero-order valence-corrected chi connectivity index (χ0v) is 16.9. The van der Waals surface area contributed by atoms with E-state index in [0.717, 1.165) is 30.3 Å². The highest BCUT2D eigenvalue weighted by atomic mass is 127. The lowest BCUT2D eigenvalue weighted by molar-refractivity contribution is 0.860. The van der Waals surface area contributed by atoms with E-state index in [1.165, 1.54) is 11.3 Å². The summed E-state index contributed by atoms with van der Waals surface area (Å²) in [5, 5.41) is 3.46. The van der Waals surface area contributed by atoms with Crippen LogP contribution in [0.25, 0.3) is 5.82 Å². The fourth-order valence-corrected chi connectivity index (χ4v) is 3.14. The molecule has 0 fully saturated rings. The van der Waals surface area contributed by atoms with Crippen LogP contribution < -0.4 is 10.2 Å². The molecule has 3 heterocycles. The van der Waals surface area contributed by atoms with Crippen molar-refractivity contribution >= 4 is 35.6 Å². The van der Waals surface area contributed by atoms with Gasteiger partial charge in [-0.2, -0.15) is 0 Å². The van der Waals surface area contributed by atoms with Crippen molar-refractivity contribution in [2.45, 2.75) is 13.0 Å². The molecule has 4 rings (SSSR count). The van der Waals surface area contributed by atoms with Gasteiger partial charge >= 0.3 is 0 Å². The van der Waals surface area contributed by atoms with E-state index in [-0.39, 0.29) is 24.0 Å². The predicted molar refractivity (Wildman–Crippen MR) is 114 cm³/mol. The van der Waals surface area contributed by atoms with Gasteiger partial charge in [0.2, 0.25) is 0 Å². The Balaban J connectivity index is 0.00000196. The van der Waals surface area contributed by atoms with Gasteiger partial charge in [0.25, 0.3) is 0 Å². The predicted octanol–water partition coefficient (Wildman–Crippen LogP) is 3.02. The first-order chi connectivity index (χ1) is 12.3. The minimum absolute atomic E-state index is 0. The second kappa shape index (κ2) is 8.31. The number of nitrogens with zero attached hydrogens (tertiary/aromatic N) is 5. The van der Waals surface area contributed by atoms with E-state index in [2.05, 4.69) is 55.5 Å². The van der Waals surface area contributed by atoms with Crippen LogP contribution in [0.5, 0.6) is 0 Å². The maximum atomic E-state index is 4.46. The number of halogens is 1. The molecule has 0 aliphatic carbocycles. The van der Waals surface area contributed by atoms with Crippen molar-refractivity contribution in [3.05, 3.63) is 72.4 Å². The van der Waals surface area contributed by atoms with E-state index in [4.69, 9.17) is 0 Å². The number of pyridine rings is 1. The Hall–Kier alpha value is -2.42. The number of para-hydroxylation sites is 1.